The van der Waals surface area contributed by atoms with Crippen LogP contribution >= 0.6 is 0 Å². The summed E-state index contributed by atoms with van der Waals surface area (Å²) in [7, 11) is 0. The molecular weight excluding hydrogens is 721 g/mol. The van der Waals surface area contributed by atoms with Gasteiger partial charge in [0.25, 0.3) is 0 Å². The number of anilines is 2. The highest BCUT2D eigenvalue weighted by Gasteiger charge is 2.33. The van der Waals surface area contributed by atoms with Crippen molar-refractivity contribution in [2.24, 2.45) is 5.41 Å². The smallest absolute Gasteiger partial charge is 0.137 e. The van der Waals surface area contributed by atoms with Crippen molar-refractivity contribution in [1.29, 1.82) is 0 Å². The van der Waals surface area contributed by atoms with Crippen LogP contribution in [0.1, 0.15) is 99.8 Å². The van der Waals surface area contributed by atoms with Gasteiger partial charge in [-0.1, -0.05) is 138 Å². The molecule has 0 N–H and O–H groups in total. The van der Waals surface area contributed by atoms with Crippen molar-refractivity contribution in [3.8, 4) is 28.4 Å². The molecule has 0 amide bonds. The molecule has 2 aromatic heterocycles. The largest absolute Gasteiger partial charge is 0.457 e. The standard InChI is InChI=1S/C54H60N4O/c1-51(2,3)38-24-25-55-50(31-38)58-47-21-17-16-20-45(47)46-23-22-43(33-48(46)58)59-44-30-40(53(7,8)9)28-41(32-44)56-34-49(54(10,11)12)57(35-56)42-27-37(36-18-14-13-15-19-36)26-39(29-42)52(4,5)6/h13-34H,35H2,1-12H3. The van der Waals surface area contributed by atoms with E-state index in [0.717, 1.165) is 34.0 Å². The summed E-state index contributed by atoms with van der Waals surface area (Å²) in [5, 5.41) is 2.36. The second kappa shape index (κ2) is 14.5. The molecule has 0 radical (unpaired) electrons. The third-order valence-electron chi connectivity index (χ3n) is 11.6. The third kappa shape index (κ3) is 8.00. The number of fused-ring (bicyclic) bond motifs is 3. The summed E-state index contributed by atoms with van der Waals surface area (Å²) < 4.78 is 9.19. The van der Waals surface area contributed by atoms with Gasteiger partial charge in [0.1, 0.15) is 17.3 Å². The highest BCUT2D eigenvalue weighted by molar-refractivity contribution is 6.09. The van der Waals surface area contributed by atoms with E-state index in [1.165, 1.54) is 50.0 Å². The van der Waals surface area contributed by atoms with Crippen molar-refractivity contribution in [2.75, 3.05) is 16.5 Å². The molecule has 5 aromatic carbocycles. The molecule has 5 nitrogen and oxygen atoms in total. The molecule has 0 fully saturated rings. The van der Waals surface area contributed by atoms with E-state index in [1.807, 2.05) is 6.20 Å². The van der Waals surface area contributed by atoms with Crippen LogP contribution in [0.3, 0.4) is 0 Å². The molecule has 59 heavy (non-hydrogen) atoms. The maximum absolute atomic E-state index is 6.92. The number of para-hydroxylation sites is 1. The summed E-state index contributed by atoms with van der Waals surface area (Å²) in [4.78, 5) is 9.79. The van der Waals surface area contributed by atoms with Crippen molar-refractivity contribution < 1.29 is 4.74 Å². The molecule has 0 aliphatic carbocycles. The lowest BCUT2D eigenvalue weighted by Crippen LogP contribution is -2.31. The van der Waals surface area contributed by atoms with Gasteiger partial charge >= 0.3 is 0 Å². The van der Waals surface area contributed by atoms with Crippen LogP contribution < -0.4 is 14.5 Å². The van der Waals surface area contributed by atoms with Crippen LogP contribution in [0.2, 0.25) is 0 Å². The van der Waals surface area contributed by atoms with Gasteiger partial charge in [0.15, 0.2) is 0 Å². The molecule has 302 valence electrons. The Balaban J connectivity index is 1.20. The van der Waals surface area contributed by atoms with Crippen LogP contribution in [0, 0.1) is 5.41 Å². The zero-order chi connectivity index (χ0) is 42.1. The van der Waals surface area contributed by atoms with Crippen LogP contribution in [-0.4, -0.2) is 16.2 Å². The number of hydrogen-bond acceptors (Lipinski definition) is 4. The molecule has 3 heterocycles. The first-order chi connectivity index (χ1) is 27.7. The minimum absolute atomic E-state index is 0.00271. The monoisotopic (exact) mass is 780 g/mol. The molecule has 5 heteroatoms. The van der Waals surface area contributed by atoms with Gasteiger partial charge in [-0.2, -0.15) is 0 Å². The minimum Gasteiger partial charge on any atom is -0.457 e. The van der Waals surface area contributed by atoms with Crippen molar-refractivity contribution in [1.82, 2.24) is 9.55 Å². The Labute approximate surface area is 352 Å². The Kier molecular flexibility index (Phi) is 9.81. The maximum Gasteiger partial charge on any atom is 0.137 e. The fourth-order valence-corrected chi connectivity index (χ4v) is 8.10. The number of pyridine rings is 1. The quantitative estimate of drug-likeness (QED) is 0.168. The van der Waals surface area contributed by atoms with E-state index >= 15 is 0 Å². The summed E-state index contributed by atoms with van der Waals surface area (Å²) in [5.41, 5.74) is 11.8. The topological polar surface area (TPSA) is 33.5 Å². The molecule has 7 aromatic rings. The number of ether oxygens (including phenoxy) is 1. The van der Waals surface area contributed by atoms with E-state index in [0.29, 0.717) is 6.67 Å². The summed E-state index contributed by atoms with van der Waals surface area (Å²) in [5.74, 6) is 2.50. The second-order valence-corrected chi connectivity index (χ2v) is 20.4. The van der Waals surface area contributed by atoms with Crippen LogP contribution in [0.5, 0.6) is 11.5 Å². The maximum atomic E-state index is 6.92. The highest BCUT2D eigenvalue weighted by atomic mass is 16.5. The fraction of sp³-hybridized carbons (Fsp3) is 0.315. The number of nitrogens with zero attached hydrogens (tertiary/aromatic N) is 4. The summed E-state index contributed by atoms with van der Waals surface area (Å²) in [6.07, 6.45) is 4.28. The van der Waals surface area contributed by atoms with Gasteiger partial charge < -0.3 is 14.5 Å². The average molecular weight is 781 g/mol. The Morgan fingerprint density at radius 3 is 1.83 bits per heavy atom. The molecule has 0 unspecified atom stereocenters. The van der Waals surface area contributed by atoms with Gasteiger partial charge in [-0.05, 0) is 98.7 Å². The molecule has 0 saturated heterocycles. The van der Waals surface area contributed by atoms with Gasteiger partial charge in [0.2, 0.25) is 0 Å². The molecule has 1 aliphatic heterocycles. The SMILES string of the molecule is CC(C)(C)C1=CN(c2cc(Oc3ccc4c5ccccc5n(-c5cc(C(C)(C)C)ccn5)c4c3)cc(C(C)(C)C)c2)CN1c1cc(-c2ccccc2)cc(C(C)(C)C)c1. The zero-order valence-corrected chi connectivity index (χ0v) is 37.1. The molecular formula is C54H60N4O. The molecule has 0 saturated carbocycles. The van der Waals surface area contributed by atoms with Crippen LogP contribution in [0.25, 0.3) is 38.8 Å². The second-order valence-electron chi connectivity index (χ2n) is 20.4. The van der Waals surface area contributed by atoms with E-state index in [4.69, 9.17) is 9.72 Å². The molecule has 1 aliphatic rings. The van der Waals surface area contributed by atoms with E-state index in [-0.39, 0.29) is 21.7 Å². The fourth-order valence-electron chi connectivity index (χ4n) is 8.10. The van der Waals surface area contributed by atoms with Crippen LogP contribution in [0.15, 0.2) is 139 Å². The lowest BCUT2D eigenvalue weighted by Gasteiger charge is -2.32. The van der Waals surface area contributed by atoms with Crippen LogP contribution in [0.4, 0.5) is 11.4 Å². The van der Waals surface area contributed by atoms with E-state index in [9.17, 15) is 0 Å². The number of benzene rings is 5. The first-order valence-corrected chi connectivity index (χ1v) is 21.1. The van der Waals surface area contributed by atoms with E-state index in [2.05, 4.69) is 225 Å². The first-order valence-electron chi connectivity index (χ1n) is 21.1. The molecule has 0 spiro atoms. The molecule has 0 bridgehead atoms. The third-order valence-corrected chi connectivity index (χ3v) is 11.6. The molecule has 0 atom stereocenters. The van der Waals surface area contributed by atoms with Gasteiger partial charge in [0.05, 0.1) is 17.7 Å². The summed E-state index contributed by atoms with van der Waals surface area (Å²) >= 11 is 0. The number of rotatable bonds is 6. The van der Waals surface area contributed by atoms with Gasteiger partial charge in [-0.3, -0.25) is 4.57 Å². The van der Waals surface area contributed by atoms with Crippen LogP contribution in [-0.2, 0) is 16.2 Å². The highest BCUT2D eigenvalue weighted by Crippen LogP contribution is 2.43. The Morgan fingerprint density at radius 2 is 1.14 bits per heavy atom. The summed E-state index contributed by atoms with van der Waals surface area (Å²) in [6, 6.07) is 44.0. The lowest BCUT2D eigenvalue weighted by molar-refractivity contribution is 0.479. The van der Waals surface area contributed by atoms with Crippen molar-refractivity contribution in [2.45, 2.75) is 99.3 Å². The predicted molar refractivity (Wildman–Crippen MR) is 250 cm³/mol. The Bertz CT molecular complexity index is 2710. The normalized spacial score (nSPS) is 14.1. The van der Waals surface area contributed by atoms with Crippen molar-refractivity contribution >= 4 is 33.2 Å². The average Bonchev–Trinajstić information content (AvgIpc) is 3.78. The van der Waals surface area contributed by atoms with Gasteiger partial charge in [0, 0.05) is 57.8 Å². The first kappa shape index (κ1) is 40.0. The Morgan fingerprint density at radius 1 is 0.492 bits per heavy atom. The van der Waals surface area contributed by atoms with Crippen molar-refractivity contribution in [3.05, 3.63) is 156 Å². The minimum atomic E-state index is -0.102. The lowest BCUT2D eigenvalue weighted by atomic mass is 9.84. The van der Waals surface area contributed by atoms with E-state index < -0.39 is 0 Å². The predicted octanol–water partition coefficient (Wildman–Crippen LogP) is 14.7. The van der Waals surface area contributed by atoms with E-state index in [1.54, 1.807) is 0 Å². The number of aromatic nitrogens is 2. The summed E-state index contributed by atoms with van der Waals surface area (Å²) in [6.45, 7) is 28.1. The molecule has 8 rings (SSSR count). The van der Waals surface area contributed by atoms with Gasteiger partial charge in [-0.25, -0.2) is 4.98 Å². The zero-order valence-electron chi connectivity index (χ0n) is 37.1. The van der Waals surface area contributed by atoms with Gasteiger partial charge in [-0.15, -0.1) is 0 Å². The number of allylic oxidation sites excluding steroid dienone is 1. The van der Waals surface area contributed by atoms with Crippen molar-refractivity contribution in [3.63, 3.8) is 0 Å². The number of hydrogen-bond donors (Lipinski definition) is 0. The Hall–Kier alpha value is -5.81.